The molecule has 1 saturated heterocycles. The third-order valence-corrected chi connectivity index (χ3v) is 5.61. The first-order valence-corrected chi connectivity index (χ1v) is 9.83. The van der Waals surface area contributed by atoms with Crippen molar-refractivity contribution >= 4 is 11.9 Å². The summed E-state index contributed by atoms with van der Waals surface area (Å²) in [5, 5.41) is 13.2. The minimum atomic E-state index is -1.23. The molecular formula is C23H28N2O5. The van der Waals surface area contributed by atoms with Crippen molar-refractivity contribution in [2.24, 2.45) is 0 Å². The maximum atomic E-state index is 13.1. The number of ether oxygens (including phenoxy) is 2. The van der Waals surface area contributed by atoms with Crippen molar-refractivity contribution in [2.45, 2.75) is 39.3 Å². The number of hydrogen-bond acceptors (Lipinski definition) is 5. The molecule has 0 unspecified atom stereocenters. The Kier molecular flexibility index (Phi) is 6.03. The normalized spacial score (nSPS) is 19.6. The Morgan fingerprint density at radius 3 is 2.53 bits per heavy atom. The number of aryl methyl sites for hydroxylation is 2. The van der Waals surface area contributed by atoms with E-state index in [1.807, 2.05) is 32.9 Å². The topological polar surface area (TPSA) is 88.1 Å². The Labute approximate surface area is 176 Å². The number of carbonyl (C=O) groups is 2. The van der Waals surface area contributed by atoms with Crippen LogP contribution in [0.15, 0.2) is 36.4 Å². The lowest BCUT2D eigenvalue weighted by molar-refractivity contribution is -0.132. The van der Waals surface area contributed by atoms with Gasteiger partial charge in [-0.15, -0.1) is 0 Å². The van der Waals surface area contributed by atoms with Gasteiger partial charge in [-0.1, -0.05) is 24.3 Å². The van der Waals surface area contributed by atoms with Crippen LogP contribution in [-0.2, 0) is 10.3 Å². The number of urea groups is 1. The number of rotatable bonds is 7. The Morgan fingerprint density at radius 2 is 1.83 bits per heavy atom. The number of β-amino-alcohol motifs (C(OH)–C–C–N with tert-alkyl or cyclic N) is 1. The van der Waals surface area contributed by atoms with Gasteiger partial charge in [-0.25, -0.2) is 4.79 Å². The van der Waals surface area contributed by atoms with Gasteiger partial charge in [0.1, 0.15) is 29.7 Å². The predicted molar refractivity (Wildman–Crippen MR) is 113 cm³/mol. The van der Waals surface area contributed by atoms with E-state index in [0.29, 0.717) is 17.1 Å². The molecule has 1 aliphatic rings. The molecule has 1 aliphatic heterocycles. The van der Waals surface area contributed by atoms with Crippen molar-refractivity contribution in [1.82, 2.24) is 10.2 Å². The first-order valence-electron chi connectivity index (χ1n) is 9.83. The first-order chi connectivity index (χ1) is 14.2. The second-order valence-electron chi connectivity index (χ2n) is 7.82. The molecule has 2 aromatic carbocycles. The number of aliphatic hydroxyl groups excluding tert-OH is 1. The predicted octanol–water partition coefficient (Wildman–Crippen LogP) is 2.83. The summed E-state index contributed by atoms with van der Waals surface area (Å²) >= 11 is 0. The number of amides is 3. The fraction of sp³-hybridized carbons (Fsp3) is 0.391. The average molecular weight is 412 g/mol. The van der Waals surface area contributed by atoms with Gasteiger partial charge < -0.3 is 19.9 Å². The van der Waals surface area contributed by atoms with E-state index < -0.39 is 23.6 Å². The Balaban J connectivity index is 1.70. The van der Waals surface area contributed by atoms with Gasteiger partial charge in [-0.05, 0) is 62.1 Å². The Hall–Kier alpha value is -3.06. The molecule has 0 radical (unpaired) electrons. The highest BCUT2D eigenvalue weighted by Gasteiger charge is 2.49. The Bertz CT molecular complexity index is 974. The average Bonchev–Trinajstić information content (AvgIpc) is 2.95. The number of nitrogens with zero attached hydrogens (tertiary/aromatic N) is 1. The summed E-state index contributed by atoms with van der Waals surface area (Å²) in [5.74, 6) is 0.877. The molecule has 3 amide bonds. The lowest BCUT2D eigenvalue weighted by Gasteiger charge is -2.23. The molecular weight excluding hydrogens is 384 g/mol. The summed E-state index contributed by atoms with van der Waals surface area (Å²) < 4.78 is 11.0. The van der Waals surface area contributed by atoms with Crippen LogP contribution in [0.25, 0.3) is 0 Å². The minimum Gasteiger partial charge on any atom is -0.497 e. The SMILES string of the molecule is COc1cccc([C@]2(C)NC(=O)N(C[C@@H](O)COc3c(C)ccc(C)c3C)C2=O)c1. The van der Waals surface area contributed by atoms with Gasteiger partial charge in [-0.3, -0.25) is 9.69 Å². The molecule has 2 atom stereocenters. The summed E-state index contributed by atoms with van der Waals surface area (Å²) in [4.78, 5) is 26.6. The summed E-state index contributed by atoms with van der Waals surface area (Å²) in [6.07, 6.45) is -1.02. The van der Waals surface area contributed by atoms with E-state index in [0.717, 1.165) is 21.6 Å². The van der Waals surface area contributed by atoms with Crippen LogP contribution in [0.4, 0.5) is 4.79 Å². The van der Waals surface area contributed by atoms with Crippen LogP contribution in [0.3, 0.4) is 0 Å². The van der Waals surface area contributed by atoms with Gasteiger partial charge >= 0.3 is 6.03 Å². The standard InChI is InChI=1S/C23H28N2O5/c1-14-9-10-15(2)20(16(14)3)30-13-18(26)12-25-21(27)23(4,24-22(25)28)17-7-6-8-19(11-17)29-5/h6-11,18,26H,12-13H2,1-5H3,(H,24,28)/t18-,23+/m1/s1. The maximum Gasteiger partial charge on any atom is 0.325 e. The molecule has 7 heteroatoms. The second-order valence-corrected chi connectivity index (χ2v) is 7.82. The van der Waals surface area contributed by atoms with Gasteiger partial charge in [0.05, 0.1) is 13.7 Å². The number of benzene rings is 2. The molecule has 0 aliphatic carbocycles. The molecule has 2 aromatic rings. The maximum absolute atomic E-state index is 13.1. The number of nitrogens with one attached hydrogen (secondary N) is 1. The summed E-state index contributed by atoms with van der Waals surface area (Å²) in [6.45, 7) is 7.34. The molecule has 0 bridgehead atoms. The van der Waals surface area contributed by atoms with Gasteiger partial charge in [0.2, 0.25) is 0 Å². The number of hydrogen-bond donors (Lipinski definition) is 2. The van der Waals surface area contributed by atoms with Gasteiger partial charge in [0, 0.05) is 0 Å². The van der Waals surface area contributed by atoms with E-state index in [-0.39, 0.29) is 13.2 Å². The van der Waals surface area contributed by atoms with E-state index in [4.69, 9.17) is 9.47 Å². The van der Waals surface area contributed by atoms with Crippen LogP contribution >= 0.6 is 0 Å². The van der Waals surface area contributed by atoms with Crippen LogP contribution in [0.1, 0.15) is 29.2 Å². The zero-order chi connectivity index (χ0) is 22.1. The molecule has 7 nitrogen and oxygen atoms in total. The van der Waals surface area contributed by atoms with Crippen molar-refractivity contribution in [3.63, 3.8) is 0 Å². The van der Waals surface area contributed by atoms with Gasteiger partial charge in [-0.2, -0.15) is 0 Å². The van der Waals surface area contributed by atoms with Gasteiger partial charge in [0.25, 0.3) is 5.91 Å². The van der Waals surface area contributed by atoms with Crippen molar-refractivity contribution in [3.05, 3.63) is 58.7 Å². The zero-order valence-electron chi connectivity index (χ0n) is 18.0. The van der Waals surface area contributed by atoms with Gasteiger partial charge in [0.15, 0.2) is 0 Å². The fourth-order valence-electron chi connectivity index (χ4n) is 3.58. The van der Waals surface area contributed by atoms with E-state index in [1.165, 1.54) is 7.11 Å². The smallest absolute Gasteiger partial charge is 0.325 e. The highest BCUT2D eigenvalue weighted by molar-refractivity contribution is 6.07. The third-order valence-electron chi connectivity index (χ3n) is 5.61. The highest BCUT2D eigenvalue weighted by Crippen LogP contribution is 2.31. The quantitative estimate of drug-likeness (QED) is 0.683. The lowest BCUT2D eigenvalue weighted by Crippen LogP contribution is -2.42. The molecule has 0 spiro atoms. The zero-order valence-corrected chi connectivity index (χ0v) is 18.0. The monoisotopic (exact) mass is 412 g/mol. The second kappa shape index (κ2) is 8.36. The van der Waals surface area contributed by atoms with Crippen molar-refractivity contribution < 1.29 is 24.2 Å². The number of imide groups is 1. The highest BCUT2D eigenvalue weighted by atomic mass is 16.5. The molecule has 3 rings (SSSR count). The largest absolute Gasteiger partial charge is 0.497 e. The summed E-state index contributed by atoms with van der Waals surface area (Å²) in [7, 11) is 1.54. The Morgan fingerprint density at radius 1 is 1.13 bits per heavy atom. The molecule has 160 valence electrons. The van der Waals surface area contributed by atoms with E-state index in [9.17, 15) is 14.7 Å². The number of aliphatic hydroxyl groups is 1. The van der Waals surface area contributed by atoms with Crippen LogP contribution < -0.4 is 14.8 Å². The van der Waals surface area contributed by atoms with Crippen molar-refractivity contribution in [3.8, 4) is 11.5 Å². The summed E-state index contributed by atoms with van der Waals surface area (Å²) in [5.41, 5.74) is 2.44. The van der Waals surface area contributed by atoms with E-state index in [1.54, 1.807) is 31.2 Å². The summed E-state index contributed by atoms with van der Waals surface area (Å²) in [6, 6.07) is 10.4. The van der Waals surface area contributed by atoms with Crippen LogP contribution in [0, 0.1) is 20.8 Å². The molecule has 1 fully saturated rings. The van der Waals surface area contributed by atoms with Crippen molar-refractivity contribution in [2.75, 3.05) is 20.3 Å². The van der Waals surface area contributed by atoms with E-state index >= 15 is 0 Å². The first kappa shape index (κ1) is 21.6. The fourth-order valence-corrected chi connectivity index (χ4v) is 3.58. The van der Waals surface area contributed by atoms with Crippen LogP contribution in [0.5, 0.6) is 11.5 Å². The number of carbonyl (C=O) groups excluding carboxylic acids is 2. The molecule has 0 saturated carbocycles. The molecule has 0 aromatic heterocycles. The van der Waals surface area contributed by atoms with E-state index in [2.05, 4.69) is 5.32 Å². The third kappa shape index (κ3) is 3.98. The molecule has 1 heterocycles. The lowest BCUT2D eigenvalue weighted by atomic mass is 9.92. The molecule has 2 N–H and O–H groups in total. The van der Waals surface area contributed by atoms with Crippen LogP contribution in [-0.4, -0.2) is 48.3 Å². The van der Waals surface area contributed by atoms with Crippen molar-refractivity contribution in [1.29, 1.82) is 0 Å². The van der Waals surface area contributed by atoms with Crippen LogP contribution in [0.2, 0.25) is 0 Å². The minimum absolute atomic E-state index is 0.0297. The number of methoxy groups -OCH3 is 1. The molecule has 30 heavy (non-hydrogen) atoms.